The number of aromatic amines is 1. The summed E-state index contributed by atoms with van der Waals surface area (Å²) in [7, 11) is 0. The summed E-state index contributed by atoms with van der Waals surface area (Å²) >= 11 is 1.76. The van der Waals surface area contributed by atoms with Gasteiger partial charge in [-0.25, -0.2) is 4.98 Å². The van der Waals surface area contributed by atoms with E-state index in [2.05, 4.69) is 41.1 Å². The summed E-state index contributed by atoms with van der Waals surface area (Å²) in [6.07, 6.45) is 3.61. The summed E-state index contributed by atoms with van der Waals surface area (Å²) in [6.45, 7) is 1.76. The highest BCUT2D eigenvalue weighted by molar-refractivity contribution is 7.08. The first-order valence-electron chi connectivity index (χ1n) is 7.67. The third-order valence-corrected chi connectivity index (χ3v) is 5.03. The smallest absolute Gasteiger partial charge is 0.227 e. The summed E-state index contributed by atoms with van der Waals surface area (Å²) in [6, 6.07) is 7.95. The molecule has 0 unspecified atom stereocenters. The third-order valence-electron chi connectivity index (χ3n) is 4.19. The van der Waals surface area contributed by atoms with E-state index in [-0.39, 0.29) is 0 Å². The van der Waals surface area contributed by atoms with Crippen molar-refractivity contribution in [2.45, 2.75) is 13.1 Å². The minimum absolute atomic E-state index is 0.755. The summed E-state index contributed by atoms with van der Waals surface area (Å²) in [4.78, 5) is 11.3. The standard InChI is InChI=1S/C17H14N6S/c1-2-15-11(6-19-22-15)5-14(1)20-16-3-4-18-17(21-16)23-7-12-9-24-10-13(12)8-23/h1-6,9-10H,7-8H2,(H,19,22)(H,18,20,21). The summed E-state index contributed by atoms with van der Waals surface area (Å²) < 4.78 is 0. The maximum atomic E-state index is 4.66. The van der Waals surface area contributed by atoms with E-state index in [0.717, 1.165) is 41.4 Å². The summed E-state index contributed by atoms with van der Waals surface area (Å²) in [5.74, 6) is 1.54. The largest absolute Gasteiger partial charge is 0.340 e. The third kappa shape index (κ3) is 2.30. The van der Waals surface area contributed by atoms with E-state index >= 15 is 0 Å². The second-order valence-electron chi connectivity index (χ2n) is 5.82. The minimum atomic E-state index is 0.755. The fraction of sp³-hybridized carbons (Fsp3) is 0.118. The molecule has 3 aromatic heterocycles. The van der Waals surface area contributed by atoms with E-state index < -0.39 is 0 Å². The number of benzene rings is 1. The molecule has 0 aliphatic carbocycles. The van der Waals surface area contributed by atoms with Crippen LogP contribution in [0.1, 0.15) is 11.1 Å². The van der Waals surface area contributed by atoms with Crippen LogP contribution in [0.15, 0.2) is 47.4 Å². The Labute approximate surface area is 142 Å². The second kappa shape index (κ2) is 5.31. The number of nitrogens with zero attached hydrogens (tertiary/aromatic N) is 4. The van der Waals surface area contributed by atoms with Gasteiger partial charge in [0.2, 0.25) is 5.95 Å². The molecule has 0 atom stereocenters. The van der Waals surface area contributed by atoms with Gasteiger partial charge in [0.15, 0.2) is 0 Å². The molecule has 24 heavy (non-hydrogen) atoms. The molecule has 0 radical (unpaired) electrons. The molecular weight excluding hydrogens is 320 g/mol. The number of H-pyrrole nitrogens is 1. The van der Waals surface area contributed by atoms with Gasteiger partial charge in [-0.05, 0) is 46.2 Å². The van der Waals surface area contributed by atoms with Crippen LogP contribution in [0.4, 0.5) is 17.5 Å². The predicted octanol–water partition coefficient (Wildman–Crippen LogP) is 3.68. The highest BCUT2D eigenvalue weighted by Gasteiger charge is 2.21. The highest BCUT2D eigenvalue weighted by atomic mass is 32.1. The lowest BCUT2D eigenvalue weighted by Crippen LogP contribution is -2.18. The molecule has 118 valence electrons. The maximum Gasteiger partial charge on any atom is 0.227 e. The average molecular weight is 334 g/mol. The summed E-state index contributed by atoms with van der Waals surface area (Å²) in [5.41, 5.74) is 4.76. The molecule has 0 fully saturated rings. The Morgan fingerprint density at radius 3 is 2.88 bits per heavy atom. The van der Waals surface area contributed by atoms with Gasteiger partial charge in [-0.1, -0.05) is 0 Å². The van der Waals surface area contributed by atoms with Crippen molar-refractivity contribution in [3.63, 3.8) is 0 Å². The number of hydrogen-bond acceptors (Lipinski definition) is 6. The van der Waals surface area contributed by atoms with Crippen LogP contribution in [0.5, 0.6) is 0 Å². The Kier molecular flexibility index (Phi) is 2.99. The van der Waals surface area contributed by atoms with Gasteiger partial charge in [-0.15, -0.1) is 0 Å². The fourth-order valence-electron chi connectivity index (χ4n) is 2.97. The molecule has 1 aromatic carbocycles. The maximum absolute atomic E-state index is 4.66. The quantitative estimate of drug-likeness (QED) is 0.598. The number of hydrogen-bond donors (Lipinski definition) is 2. The monoisotopic (exact) mass is 334 g/mol. The van der Waals surface area contributed by atoms with E-state index in [4.69, 9.17) is 0 Å². The molecule has 0 amide bonds. The number of anilines is 3. The van der Waals surface area contributed by atoms with Crippen molar-refractivity contribution in [2.75, 3.05) is 10.2 Å². The van der Waals surface area contributed by atoms with Crippen LogP contribution < -0.4 is 10.2 Å². The summed E-state index contributed by atoms with van der Waals surface area (Å²) in [5, 5.41) is 15.8. The molecule has 1 aliphatic heterocycles. The van der Waals surface area contributed by atoms with E-state index in [0.29, 0.717) is 0 Å². The van der Waals surface area contributed by atoms with Crippen LogP contribution in [0, 0.1) is 0 Å². The molecule has 6 nitrogen and oxygen atoms in total. The Hall–Kier alpha value is -2.93. The lowest BCUT2D eigenvalue weighted by atomic mass is 10.2. The van der Waals surface area contributed by atoms with Crippen molar-refractivity contribution in [3.8, 4) is 0 Å². The number of nitrogens with one attached hydrogen (secondary N) is 2. The number of rotatable bonds is 3. The fourth-order valence-corrected chi connectivity index (χ4v) is 3.82. The van der Waals surface area contributed by atoms with Crippen molar-refractivity contribution in [2.24, 2.45) is 0 Å². The molecule has 0 saturated heterocycles. The molecule has 0 saturated carbocycles. The molecule has 4 aromatic rings. The van der Waals surface area contributed by atoms with E-state index in [1.807, 2.05) is 30.5 Å². The topological polar surface area (TPSA) is 69.7 Å². The van der Waals surface area contributed by atoms with Crippen molar-refractivity contribution in [3.05, 3.63) is 58.5 Å². The van der Waals surface area contributed by atoms with Gasteiger partial charge in [-0.2, -0.15) is 21.4 Å². The van der Waals surface area contributed by atoms with Gasteiger partial charge in [0, 0.05) is 30.4 Å². The van der Waals surface area contributed by atoms with Crippen molar-refractivity contribution in [1.82, 2.24) is 20.2 Å². The zero-order valence-corrected chi connectivity index (χ0v) is 13.5. The molecule has 0 spiro atoms. The van der Waals surface area contributed by atoms with Gasteiger partial charge < -0.3 is 10.2 Å². The van der Waals surface area contributed by atoms with Crippen LogP contribution in [-0.4, -0.2) is 20.2 Å². The molecule has 1 aliphatic rings. The van der Waals surface area contributed by atoms with Gasteiger partial charge in [0.05, 0.1) is 11.7 Å². The van der Waals surface area contributed by atoms with Gasteiger partial charge in [0.25, 0.3) is 0 Å². The number of fused-ring (bicyclic) bond motifs is 2. The first kappa shape index (κ1) is 13.5. The average Bonchev–Trinajstić information content (AvgIpc) is 3.30. The molecule has 7 heteroatoms. The Balaban J connectivity index is 1.40. The normalized spacial score (nSPS) is 13.4. The molecule has 4 heterocycles. The SMILES string of the molecule is c1cc(Nc2ccc3[nH]ncc3c2)nc(N2Cc3cscc3C2)n1. The first-order chi connectivity index (χ1) is 11.8. The highest BCUT2D eigenvalue weighted by Crippen LogP contribution is 2.29. The van der Waals surface area contributed by atoms with E-state index in [9.17, 15) is 0 Å². The lowest BCUT2D eigenvalue weighted by Gasteiger charge is -2.16. The lowest BCUT2D eigenvalue weighted by molar-refractivity contribution is 0.829. The molecule has 0 bridgehead atoms. The van der Waals surface area contributed by atoms with Crippen LogP contribution >= 0.6 is 11.3 Å². The Bertz CT molecular complexity index is 1000. The Morgan fingerprint density at radius 1 is 1.12 bits per heavy atom. The Morgan fingerprint density at radius 2 is 2.00 bits per heavy atom. The second-order valence-corrected chi connectivity index (χ2v) is 6.56. The van der Waals surface area contributed by atoms with Gasteiger partial charge in [0.1, 0.15) is 5.82 Å². The van der Waals surface area contributed by atoms with Crippen molar-refractivity contribution in [1.29, 1.82) is 0 Å². The zero-order valence-electron chi connectivity index (χ0n) is 12.7. The first-order valence-corrected chi connectivity index (χ1v) is 8.61. The number of aromatic nitrogens is 4. The van der Waals surface area contributed by atoms with E-state index in [1.165, 1.54) is 11.1 Å². The van der Waals surface area contributed by atoms with Crippen LogP contribution in [0.3, 0.4) is 0 Å². The van der Waals surface area contributed by atoms with Gasteiger partial charge >= 0.3 is 0 Å². The minimum Gasteiger partial charge on any atom is -0.340 e. The zero-order chi connectivity index (χ0) is 15.9. The van der Waals surface area contributed by atoms with Gasteiger partial charge in [-0.3, -0.25) is 5.10 Å². The molecular formula is C17H14N6S. The van der Waals surface area contributed by atoms with Crippen molar-refractivity contribution < 1.29 is 0 Å². The van der Waals surface area contributed by atoms with Crippen LogP contribution in [0.2, 0.25) is 0 Å². The van der Waals surface area contributed by atoms with Crippen LogP contribution in [0.25, 0.3) is 10.9 Å². The molecule has 5 rings (SSSR count). The number of thiophene rings is 1. The van der Waals surface area contributed by atoms with E-state index in [1.54, 1.807) is 17.5 Å². The molecule has 2 N–H and O–H groups in total. The van der Waals surface area contributed by atoms with Crippen molar-refractivity contribution >= 4 is 39.7 Å². The predicted molar refractivity (Wildman–Crippen MR) is 95.6 cm³/mol. The van der Waals surface area contributed by atoms with Crippen LogP contribution in [-0.2, 0) is 13.1 Å².